The molecule has 0 saturated carbocycles. The Kier molecular flexibility index (Phi) is 3.02. The van der Waals surface area contributed by atoms with Crippen molar-refractivity contribution in [2.45, 2.75) is 25.4 Å². The maximum atomic E-state index is 12.9. The number of ether oxygens (including phenoxy) is 1. The molecule has 0 spiro atoms. The molecular weight excluding hydrogens is 246 g/mol. The average molecular weight is 256 g/mol. The number of hydrogen-bond donors (Lipinski definition) is 1. The summed E-state index contributed by atoms with van der Waals surface area (Å²) in [5, 5.41) is 8.25. The van der Waals surface area contributed by atoms with Gasteiger partial charge in [0.2, 0.25) is 0 Å². The molecule has 0 bridgehead atoms. The van der Waals surface area contributed by atoms with Gasteiger partial charge in [0, 0.05) is 12.0 Å². The summed E-state index contributed by atoms with van der Waals surface area (Å²) in [6.45, 7) is 0. The lowest BCUT2D eigenvalue weighted by Gasteiger charge is -2.17. The van der Waals surface area contributed by atoms with Crippen LogP contribution in [0.3, 0.4) is 0 Å². The molecule has 0 aliphatic heterocycles. The number of aryl methyl sites for hydroxylation is 1. The lowest BCUT2D eigenvalue weighted by atomic mass is 9.90. The molecule has 1 aromatic rings. The van der Waals surface area contributed by atoms with Gasteiger partial charge in [-0.15, -0.1) is 0 Å². The summed E-state index contributed by atoms with van der Waals surface area (Å²) < 4.78 is 29.8. The van der Waals surface area contributed by atoms with Gasteiger partial charge in [-0.2, -0.15) is 8.78 Å². The SMILES string of the molecule is O=C1CCCc2cc(OC(F)(F)C(=O)O)ccc21. The van der Waals surface area contributed by atoms with E-state index in [4.69, 9.17) is 5.11 Å². The second-order valence-electron chi connectivity index (χ2n) is 4.02. The molecule has 0 radical (unpaired) electrons. The smallest absolute Gasteiger partial charge is 0.474 e. The zero-order valence-corrected chi connectivity index (χ0v) is 9.28. The fourth-order valence-corrected chi connectivity index (χ4v) is 1.88. The van der Waals surface area contributed by atoms with Crippen LogP contribution >= 0.6 is 0 Å². The van der Waals surface area contributed by atoms with Crippen LogP contribution in [0.2, 0.25) is 0 Å². The Morgan fingerprint density at radius 1 is 1.33 bits per heavy atom. The number of rotatable bonds is 3. The number of carboxylic acids is 1. The van der Waals surface area contributed by atoms with E-state index in [9.17, 15) is 18.4 Å². The molecule has 2 rings (SSSR count). The third kappa shape index (κ3) is 2.32. The van der Waals surface area contributed by atoms with Crippen molar-refractivity contribution in [1.29, 1.82) is 0 Å². The van der Waals surface area contributed by atoms with Crippen LogP contribution < -0.4 is 4.74 Å². The zero-order valence-electron chi connectivity index (χ0n) is 9.28. The Hall–Kier alpha value is -1.98. The van der Waals surface area contributed by atoms with Gasteiger partial charge in [-0.25, -0.2) is 4.79 Å². The van der Waals surface area contributed by atoms with E-state index in [2.05, 4.69) is 4.74 Å². The fraction of sp³-hybridized carbons (Fsp3) is 0.333. The van der Waals surface area contributed by atoms with Gasteiger partial charge in [-0.1, -0.05) is 0 Å². The first-order chi connectivity index (χ1) is 8.40. The van der Waals surface area contributed by atoms with E-state index >= 15 is 0 Å². The minimum atomic E-state index is -4.27. The highest BCUT2D eigenvalue weighted by Crippen LogP contribution is 2.28. The number of hydrogen-bond acceptors (Lipinski definition) is 3. The summed E-state index contributed by atoms with van der Waals surface area (Å²) in [5.41, 5.74) is 1.11. The van der Waals surface area contributed by atoms with Crippen LogP contribution in [0.15, 0.2) is 18.2 Å². The molecule has 0 aromatic heterocycles. The minimum Gasteiger partial charge on any atom is -0.474 e. The van der Waals surface area contributed by atoms with E-state index in [0.717, 1.165) is 0 Å². The number of benzene rings is 1. The standard InChI is InChI=1S/C12H10F2O4/c13-12(14,11(16)17)18-8-4-5-9-7(6-8)2-1-3-10(9)15/h4-6H,1-3H2,(H,16,17). The van der Waals surface area contributed by atoms with E-state index in [1.165, 1.54) is 18.2 Å². The Labute approximate surface area is 101 Å². The van der Waals surface area contributed by atoms with Crippen molar-refractivity contribution in [3.8, 4) is 5.75 Å². The van der Waals surface area contributed by atoms with Crippen LogP contribution in [-0.4, -0.2) is 23.0 Å². The summed E-state index contributed by atoms with van der Waals surface area (Å²) in [6, 6.07) is 3.87. The third-order valence-electron chi connectivity index (χ3n) is 2.72. The van der Waals surface area contributed by atoms with Gasteiger partial charge in [-0.05, 0) is 36.6 Å². The number of carboxylic acid groups (broad SMARTS) is 1. The quantitative estimate of drug-likeness (QED) is 0.900. The Bertz CT molecular complexity index is 511. The van der Waals surface area contributed by atoms with Crippen molar-refractivity contribution in [2.75, 3.05) is 0 Å². The van der Waals surface area contributed by atoms with Crippen LogP contribution in [0, 0.1) is 0 Å². The lowest BCUT2D eigenvalue weighted by Crippen LogP contribution is -2.34. The number of ketones is 1. The van der Waals surface area contributed by atoms with Crippen LogP contribution in [0.5, 0.6) is 5.75 Å². The van der Waals surface area contributed by atoms with Crippen LogP contribution in [0.25, 0.3) is 0 Å². The van der Waals surface area contributed by atoms with E-state index in [1.807, 2.05) is 0 Å². The first kappa shape index (κ1) is 12.5. The van der Waals surface area contributed by atoms with Crippen molar-refractivity contribution < 1.29 is 28.2 Å². The number of halogens is 2. The molecule has 96 valence electrons. The van der Waals surface area contributed by atoms with Crippen molar-refractivity contribution in [3.05, 3.63) is 29.3 Å². The lowest BCUT2D eigenvalue weighted by molar-refractivity contribution is -0.210. The predicted molar refractivity (Wildman–Crippen MR) is 56.9 cm³/mol. The summed E-state index contributed by atoms with van der Waals surface area (Å²) in [7, 11) is 0. The summed E-state index contributed by atoms with van der Waals surface area (Å²) in [5.74, 6) is -2.64. The number of alkyl halides is 2. The van der Waals surface area contributed by atoms with E-state index in [-0.39, 0.29) is 11.5 Å². The van der Waals surface area contributed by atoms with Gasteiger partial charge in [-0.3, -0.25) is 4.79 Å². The molecule has 0 heterocycles. The molecule has 0 fully saturated rings. The summed E-state index contributed by atoms with van der Waals surface area (Å²) in [6.07, 6.45) is -2.58. The summed E-state index contributed by atoms with van der Waals surface area (Å²) >= 11 is 0. The van der Waals surface area contributed by atoms with Gasteiger partial charge in [0.1, 0.15) is 5.75 Å². The van der Waals surface area contributed by atoms with Crippen LogP contribution in [-0.2, 0) is 11.2 Å². The van der Waals surface area contributed by atoms with Crippen molar-refractivity contribution >= 4 is 11.8 Å². The highest BCUT2D eigenvalue weighted by atomic mass is 19.3. The van der Waals surface area contributed by atoms with Gasteiger partial charge < -0.3 is 9.84 Å². The molecule has 0 saturated heterocycles. The van der Waals surface area contributed by atoms with Crippen molar-refractivity contribution in [3.63, 3.8) is 0 Å². The van der Waals surface area contributed by atoms with Crippen LogP contribution in [0.4, 0.5) is 8.78 Å². The normalized spacial score (nSPS) is 15.1. The number of aliphatic carboxylic acids is 1. The molecule has 18 heavy (non-hydrogen) atoms. The minimum absolute atomic E-state index is 0.0344. The highest BCUT2D eigenvalue weighted by Gasteiger charge is 2.42. The molecular formula is C12H10F2O4. The maximum absolute atomic E-state index is 12.9. The first-order valence-corrected chi connectivity index (χ1v) is 5.36. The van der Waals surface area contributed by atoms with Gasteiger partial charge in [0.05, 0.1) is 0 Å². The molecule has 4 nitrogen and oxygen atoms in total. The van der Waals surface area contributed by atoms with Gasteiger partial charge >= 0.3 is 12.1 Å². The monoisotopic (exact) mass is 256 g/mol. The fourth-order valence-electron chi connectivity index (χ4n) is 1.88. The third-order valence-corrected chi connectivity index (χ3v) is 2.72. The molecule has 0 unspecified atom stereocenters. The first-order valence-electron chi connectivity index (χ1n) is 5.36. The van der Waals surface area contributed by atoms with E-state index < -0.39 is 12.1 Å². The Morgan fingerprint density at radius 2 is 2.06 bits per heavy atom. The second kappa shape index (κ2) is 4.36. The maximum Gasteiger partial charge on any atom is 0.501 e. The topological polar surface area (TPSA) is 63.6 Å². The Morgan fingerprint density at radius 3 is 2.72 bits per heavy atom. The average Bonchev–Trinajstić information content (AvgIpc) is 2.28. The van der Waals surface area contributed by atoms with Crippen LogP contribution in [0.1, 0.15) is 28.8 Å². The second-order valence-corrected chi connectivity index (χ2v) is 4.02. The van der Waals surface area contributed by atoms with Gasteiger partial charge in [0.25, 0.3) is 0 Å². The molecule has 1 aliphatic rings. The number of Topliss-reactive ketones (excluding diaryl/α,β-unsaturated/α-hetero) is 1. The van der Waals surface area contributed by atoms with Crippen molar-refractivity contribution in [2.24, 2.45) is 0 Å². The molecule has 0 amide bonds. The molecule has 1 N–H and O–H groups in total. The largest absolute Gasteiger partial charge is 0.501 e. The number of carbonyl (C=O) groups excluding carboxylic acids is 1. The molecule has 0 atom stereocenters. The zero-order chi connectivity index (χ0) is 13.3. The summed E-state index contributed by atoms with van der Waals surface area (Å²) in [4.78, 5) is 21.7. The molecule has 6 heteroatoms. The predicted octanol–water partition coefficient (Wildman–Crippen LogP) is 2.26. The Balaban J connectivity index is 2.27. The van der Waals surface area contributed by atoms with E-state index in [0.29, 0.717) is 30.4 Å². The highest BCUT2D eigenvalue weighted by molar-refractivity contribution is 5.98. The molecule has 1 aliphatic carbocycles. The molecule has 1 aromatic carbocycles. The number of fused-ring (bicyclic) bond motifs is 1. The van der Waals surface area contributed by atoms with Gasteiger partial charge in [0.15, 0.2) is 5.78 Å². The van der Waals surface area contributed by atoms with Crippen molar-refractivity contribution in [1.82, 2.24) is 0 Å². The van der Waals surface area contributed by atoms with E-state index in [1.54, 1.807) is 0 Å². The number of carbonyl (C=O) groups is 2.